The summed E-state index contributed by atoms with van der Waals surface area (Å²) in [7, 11) is 1.47. The molecule has 1 amide bonds. The maximum atomic E-state index is 12.9. The summed E-state index contributed by atoms with van der Waals surface area (Å²) in [6, 6.07) is 15.3. The maximum Gasteiger partial charge on any atom is 0.416 e. The zero-order valence-electron chi connectivity index (χ0n) is 20.8. The number of carbonyl (C=O) groups excluding carboxylic acids is 1. The average molecular weight is 609 g/mol. The van der Waals surface area contributed by atoms with Crippen molar-refractivity contribution >= 4 is 57.5 Å². The number of methoxy groups -OCH3 is 1. The number of nitrogens with one attached hydrogen (secondary N) is 2. The van der Waals surface area contributed by atoms with Crippen molar-refractivity contribution in [2.24, 2.45) is 5.10 Å². The number of benzene rings is 3. The molecule has 13 heteroatoms. The molecule has 40 heavy (non-hydrogen) atoms. The Morgan fingerprint density at radius 1 is 1.10 bits per heavy atom. The fourth-order valence-corrected chi connectivity index (χ4v) is 4.64. The molecule has 1 heterocycles. The van der Waals surface area contributed by atoms with Crippen molar-refractivity contribution < 1.29 is 27.4 Å². The standard InChI is InChI=1S/C27H21Cl2F3N4O3S/c1-38-23-10-16(9-22(29)25(23)39-14-17-5-2-3-8-21(17)28)13-33-36-24(37)12-20-15-40-26(35-20)34-19-7-4-6-18(11-19)27(30,31)32/h2-11,13,15H,12,14H2,1H3,(H,34,35)(H,36,37)/b33-13-. The van der Waals surface area contributed by atoms with Crippen LogP contribution in [0.3, 0.4) is 0 Å². The van der Waals surface area contributed by atoms with Crippen molar-refractivity contribution in [3.8, 4) is 11.5 Å². The first-order valence-corrected chi connectivity index (χ1v) is 13.2. The largest absolute Gasteiger partial charge is 0.493 e. The van der Waals surface area contributed by atoms with E-state index in [4.69, 9.17) is 32.7 Å². The number of hydrogen-bond donors (Lipinski definition) is 2. The number of carbonyl (C=O) groups is 1. The van der Waals surface area contributed by atoms with Crippen LogP contribution in [-0.2, 0) is 24.0 Å². The normalized spacial score (nSPS) is 11.4. The molecular formula is C27H21Cl2F3N4O3S. The summed E-state index contributed by atoms with van der Waals surface area (Å²) in [5, 5.41) is 9.60. The van der Waals surface area contributed by atoms with Gasteiger partial charge in [0.15, 0.2) is 16.6 Å². The third kappa shape index (κ3) is 7.87. The number of alkyl halides is 3. The number of thiazole rings is 1. The molecule has 0 fully saturated rings. The highest BCUT2D eigenvalue weighted by atomic mass is 35.5. The first-order valence-electron chi connectivity index (χ1n) is 11.6. The summed E-state index contributed by atoms with van der Waals surface area (Å²) >= 11 is 13.7. The van der Waals surface area contributed by atoms with Gasteiger partial charge in [0.1, 0.15) is 6.61 Å². The van der Waals surface area contributed by atoms with Gasteiger partial charge in [0.05, 0.1) is 36.0 Å². The smallest absolute Gasteiger partial charge is 0.416 e. The number of rotatable bonds is 10. The average Bonchev–Trinajstić information content (AvgIpc) is 3.34. The molecule has 0 aliphatic rings. The summed E-state index contributed by atoms with van der Waals surface area (Å²) in [5.74, 6) is 0.267. The van der Waals surface area contributed by atoms with E-state index in [1.165, 1.54) is 25.5 Å². The van der Waals surface area contributed by atoms with Gasteiger partial charge in [0, 0.05) is 21.7 Å². The van der Waals surface area contributed by atoms with E-state index in [0.29, 0.717) is 32.9 Å². The number of ether oxygens (including phenoxy) is 2. The minimum Gasteiger partial charge on any atom is -0.493 e. The number of aromatic nitrogens is 1. The number of amides is 1. The van der Waals surface area contributed by atoms with Gasteiger partial charge in [0.25, 0.3) is 0 Å². The van der Waals surface area contributed by atoms with Crippen LogP contribution in [-0.4, -0.2) is 24.2 Å². The van der Waals surface area contributed by atoms with Crippen molar-refractivity contribution in [3.05, 3.63) is 98.5 Å². The molecule has 0 bridgehead atoms. The van der Waals surface area contributed by atoms with Crippen molar-refractivity contribution in [1.82, 2.24) is 10.4 Å². The monoisotopic (exact) mass is 608 g/mol. The molecule has 4 aromatic rings. The first kappa shape index (κ1) is 29.2. The Morgan fingerprint density at radius 2 is 1.90 bits per heavy atom. The molecule has 0 aliphatic carbocycles. The van der Waals surface area contributed by atoms with Gasteiger partial charge in [-0.3, -0.25) is 4.79 Å². The van der Waals surface area contributed by atoms with Gasteiger partial charge in [-0.05, 0) is 42.0 Å². The Labute approximate surface area is 241 Å². The molecule has 0 aliphatic heterocycles. The second-order valence-corrected chi connectivity index (χ2v) is 9.90. The topological polar surface area (TPSA) is 84.8 Å². The lowest BCUT2D eigenvalue weighted by atomic mass is 10.2. The number of anilines is 2. The van der Waals surface area contributed by atoms with Gasteiger partial charge in [-0.25, -0.2) is 10.4 Å². The van der Waals surface area contributed by atoms with E-state index < -0.39 is 17.6 Å². The van der Waals surface area contributed by atoms with Crippen LogP contribution < -0.4 is 20.2 Å². The van der Waals surface area contributed by atoms with Crippen LogP contribution in [0, 0.1) is 0 Å². The Balaban J connectivity index is 1.33. The summed E-state index contributed by atoms with van der Waals surface area (Å²) in [6.45, 7) is 0.188. The van der Waals surface area contributed by atoms with Crippen molar-refractivity contribution in [2.45, 2.75) is 19.2 Å². The van der Waals surface area contributed by atoms with Crippen LogP contribution in [0.2, 0.25) is 10.0 Å². The number of hydrazone groups is 1. The second-order valence-electron chi connectivity index (χ2n) is 8.23. The maximum absolute atomic E-state index is 12.9. The van der Waals surface area contributed by atoms with Crippen LogP contribution in [0.15, 0.2) is 71.1 Å². The fraction of sp³-hybridized carbons (Fsp3) is 0.148. The number of hydrogen-bond acceptors (Lipinski definition) is 7. The van der Waals surface area contributed by atoms with Crippen molar-refractivity contribution in [1.29, 1.82) is 0 Å². The molecule has 0 unspecified atom stereocenters. The molecule has 0 radical (unpaired) electrons. The Hall–Kier alpha value is -3.80. The SMILES string of the molecule is COc1cc(/C=N\NC(=O)Cc2csc(Nc3cccc(C(F)(F)F)c3)n2)cc(Cl)c1OCc1ccccc1Cl. The zero-order chi connectivity index (χ0) is 28.7. The molecule has 2 N–H and O–H groups in total. The van der Waals surface area contributed by atoms with Gasteiger partial charge >= 0.3 is 6.18 Å². The quantitative estimate of drug-likeness (QED) is 0.144. The Bertz CT molecular complexity index is 1530. The van der Waals surface area contributed by atoms with Crippen LogP contribution in [0.25, 0.3) is 0 Å². The van der Waals surface area contributed by atoms with E-state index in [0.717, 1.165) is 29.0 Å². The molecule has 208 valence electrons. The summed E-state index contributed by atoms with van der Waals surface area (Å²) in [4.78, 5) is 16.6. The first-order chi connectivity index (χ1) is 19.1. The zero-order valence-corrected chi connectivity index (χ0v) is 23.1. The highest BCUT2D eigenvalue weighted by Crippen LogP contribution is 2.37. The Kier molecular flexibility index (Phi) is 9.51. The second kappa shape index (κ2) is 13.0. The van der Waals surface area contributed by atoms with E-state index in [1.54, 1.807) is 23.6 Å². The lowest BCUT2D eigenvalue weighted by Crippen LogP contribution is -2.20. The van der Waals surface area contributed by atoms with Crippen LogP contribution >= 0.6 is 34.5 Å². The van der Waals surface area contributed by atoms with E-state index >= 15 is 0 Å². The van der Waals surface area contributed by atoms with Crippen molar-refractivity contribution in [3.63, 3.8) is 0 Å². The molecule has 0 atom stereocenters. The van der Waals surface area contributed by atoms with E-state index in [2.05, 4.69) is 20.8 Å². The molecule has 0 saturated heterocycles. The van der Waals surface area contributed by atoms with Gasteiger partial charge in [-0.15, -0.1) is 11.3 Å². The van der Waals surface area contributed by atoms with Gasteiger partial charge in [-0.2, -0.15) is 18.3 Å². The third-order valence-electron chi connectivity index (χ3n) is 5.32. The molecule has 3 aromatic carbocycles. The predicted octanol–water partition coefficient (Wildman–Crippen LogP) is 7.49. The molecule has 4 rings (SSSR count). The van der Waals surface area contributed by atoms with E-state index in [-0.39, 0.29) is 23.7 Å². The van der Waals surface area contributed by atoms with Crippen LogP contribution in [0.5, 0.6) is 11.5 Å². The summed E-state index contributed by atoms with van der Waals surface area (Å²) in [5.41, 5.74) is 3.63. The minimum absolute atomic E-state index is 0.0863. The van der Waals surface area contributed by atoms with Gasteiger partial charge < -0.3 is 14.8 Å². The summed E-state index contributed by atoms with van der Waals surface area (Å²) < 4.78 is 50.0. The number of nitrogens with zero attached hydrogens (tertiary/aromatic N) is 2. The molecule has 7 nitrogen and oxygen atoms in total. The molecular weight excluding hydrogens is 588 g/mol. The predicted molar refractivity (Wildman–Crippen MR) is 150 cm³/mol. The van der Waals surface area contributed by atoms with Gasteiger partial charge in [-0.1, -0.05) is 47.5 Å². The lowest BCUT2D eigenvalue weighted by Gasteiger charge is -2.14. The molecule has 1 aromatic heterocycles. The van der Waals surface area contributed by atoms with Crippen LogP contribution in [0.4, 0.5) is 24.0 Å². The molecule has 0 spiro atoms. The summed E-state index contributed by atoms with van der Waals surface area (Å²) in [6.07, 6.45) is -3.14. The third-order valence-corrected chi connectivity index (χ3v) is 6.78. The number of halogens is 5. The van der Waals surface area contributed by atoms with E-state index in [1.807, 2.05) is 18.2 Å². The Morgan fingerprint density at radius 3 is 2.65 bits per heavy atom. The minimum atomic E-state index is -4.45. The van der Waals surface area contributed by atoms with Gasteiger partial charge in [0.2, 0.25) is 5.91 Å². The fourth-order valence-electron chi connectivity index (χ4n) is 3.44. The highest BCUT2D eigenvalue weighted by molar-refractivity contribution is 7.13. The van der Waals surface area contributed by atoms with Crippen LogP contribution in [0.1, 0.15) is 22.4 Å². The molecule has 0 saturated carbocycles. The lowest BCUT2D eigenvalue weighted by molar-refractivity contribution is -0.137. The highest BCUT2D eigenvalue weighted by Gasteiger charge is 2.30. The van der Waals surface area contributed by atoms with Crippen molar-refractivity contribution in [2.75, 3.05) is 12.4 Å². The van der Waals surface area contributed by atoms with E-state index in [9.17, 15) is 18.0 Å².